The molecule has 0 radical (unpaired) electrons. The van der Waals surface area contributed by atoms with Crippen molar-refractivity contribution in [3.63, 3.8) is 0 Å². The van der Waals surface area contributed by atoms with Gasteiger partial charge < -0.3 is 45.4 Å². The Kier molecular flexibility index (Phi) is 34.0. The second kappa shape index (κ2) is 36.0. The van der Waals surface area contributed by atoms with Gasteiger partial charge in [-0.2, -0.15) is 0 Å². The molecular weight excluding hydrogens is 698 g/mol. The van der Waals surface area contributed by atoms with Crippen molar-refractivity contribution in [3.8, 4) is 0 Å². The van der Waals surface area contributed by atoms with Crippen LogP contribution in [0.25, 0.3) is 0 Å². The molecule has 1 saturated heterocycles. The van der Waals surface area contributed by atoms with E-state index in [0.29, 0.717) is 6.42 Å². The molecule has 0 bridgehead atoms. The highest BCUT2D eigenvalue weighted by Crippen LogP contribution is 2.23. The summed E-state index contributed by atoms with van der Waals surface area (Å²) in [6.07, 6.45) is 30.1. The maximum absolute atomic E-state index is 13.0. The molecule has 0 spiro atoms. The Morgan fingerprint density at radius 2 is 1.04 bits per heavy atom. The molecule has 1 rings (SSSR count). The van der Waals surface area contributed by atoms with Crippen LogP contribution in [-0.2, 0) is 14.3 Å². The van der Waals surface area contributed by atoms with Gasteiger partial charge in [0.2, 0.25) is 5.91 Å². The summed E-state index contributed by atoms with van der Waals surface area (Å²) in [6, 6.07) is -0.973. The molecule has 1 amide bonds. The minimum absolute atomic E-state index is 0.301. The van der Waals surface area contributed by atoms with E-state index in [-0.39, 0.29) is 6.61 Å². The molecule has 10 nitrogen and oxygen atoms in total. The average molecular weight is 786 g/mol. The molecule has 1 aliphatic rings. The first-order valence-electron chi connectivity index (χ1n) is 23.0. The van der Waals surface area contributed by atoms with E-state index >= 15 is 0 Å². The van der Waals surface area contributed by atoms with Gasteiger partial charge in [-0.3, -0.25) is 4.79 Å². The summed E-state index contributed by atoms with van der Waals surface area (Å²) in [7, 11) is 0. The van der Waals surface area contributed by atoms with E-state index < -0.39 is 61.5 Å². The summed E-state index contributed by atoms with van der Waals surface area (Å²) < 4.78 is 11.1. The third kappa shape index (κ3) is 26.5. The third-order valence-corrected chi connectivity index (χ3v) is 11.2. The highest BCUT2D eigenvalue weighted by atomic mass is 16.7. The summed E-state index contributed by atoms with van der Waals surface area (Å²) in [5.74, 6) is -0.614. The number of aliphatic hydroxyl groups is 6. The zero-order valence-electron chi connectivity index (χ0n) is 35.3. The lowest BCUT2D eigenvalue weighted by Crippen LogP contribution is -2.60. The lowest BCUT2D eigenvalue weighted by Gasteiger charge is -2.40. The van der Waals surface area contributed by atoms with Crippen molar-refractivity contribution < 1.29 is 44.9 Å². The Labute approximate surface area is 336 Å². The SMILES string of the molecule is CCCCCCCCCCCC/C=C/C(O)C(COC1OC(CO)C(O)C(O)C1O)NC(=O)C(O)CCCCCCCCCCCCCCCCCCCC. The number of aliphatic hydroxyl groups excluding tert-OH is 6. The fraction of sp³-hybridized carbons (Fsp3) is 0.933. The molecule has 55 heavy (non-hydrogen) atoms. The van der Waals surface area contributed by atoms with Crippen LogP contribution in [0, 0.1) is 0 Å². The van der Waals surface area contributed by atoms with Crippen molar-refractivity contribution in [3.05, 3.63) is 12.2 Å². The van der Waals surface area contributed by atoms with Crippen molar-refractivity contribution in [1.29, 1.82) is 0 Å². The standard InChI is InChI=1S/C45H87NO9/c1-3-5-7-9-11-13-15-17-18-19-20-21-22-24-26-28-30-32-34-39(49)44(53)46-37(36-54-45-43(52)42(51)41(50)40(35-47)55-45)38(48)33-31-29-27-25-23-16-14-12-10-8-6-4-2/h31,33,37-43,45,47-52H,3-30,32,34-36H2,1-2H3,(H,46,53)/b33-31+. The van der Waals surface area contributed by atoms with Crippen LogP contribution in [0.15, 0.2) is 12.2 Å². The summed E-state index contributed by atoms with van der Waals surface area (Å²) in [6.45, 7) is 3.60. The van der Waals surface area contributed by atoms with Gasteiger partial charge in [-0.1, -0.05) is 199 Å². The van der Waals surface area contributed by atoms with Crippen LogP contribution in [0.1, 0.15) is 206 Å². The van der Waals surface area contributed by atoms with E-state index in [0.717, 1.165) is 44.9 Å². The molecule has 1 fully saturated rings. The summed E-state index contributed by atoms with van der Waals surface area (Å²) >= 11 is 0. The van der Waals surface area contributed by atoms with Crippen molar-refractivity contribution in [2.75, 3.05) is 13.2 Å². The Morgan fingerprint density at radius 1 is 0.618 bits per heavy atom. The Bertz CT molecular complexity index is 890. The summed E-state index contributed by atoms with van der Waals surface area (Å²) in [5, 5.41) is 64.6. The number of nitrogens with one attached hydrogen (secondary N) is 1. The first-order valence-corrected chi connectivity index (χ1v) is 23.0. The molecule has 0 saturated carbocycles. The number of carbonyl (C=O) groups is 1. The van der Waals surface area contributed by atoms with E-state index in [1.165, 1.54) is 141 Å². The minimum Gasteiger partial charge on any atom is -0.394 e. The number of carbonyl (C=O) groups excluding carboxylic acids is 1. The van der Waals surface area contributed by atoms with Crippen LogP contribution in [0.3, 0.4) is 0 Å². The Balaban J connectivity index is 2.38. The number of amides is 1. The third-order valence-electron chi connectivity index (χ3n) is 11.2. The normalized spacial score (nSPS) is 21.9. The van der Waals surface area contributed by atoms with Gasteiger partial charge in [-0.25, -0.2) is 0 Å². The summed E-state index contributed by atoms with van der Waals surface area (Å²) in [5.41, 5.74) is 0. The first kappa shape index (κ1) is 51.9. The molecule has 8 atom stereocenters. The molecular formula is C45H87NO9. The zero-order valence-corrected chi connectivity index (χ0v) is 35.3. The van der Waals surface area contributed by atoms with E-state index in [2.05, 4.69) is 19.2 Å². The highest BCUT2D eigenvalue weighted by molar-refractivity contribution is 5.80. The fourth-order valence-electron chi connectivity index (χ4n) is 7.40. The zero-order chi connectivity index (χ0) is 40.4. The van der Waals surface area contributed by atoms with Gasteiger partial charge in [-0.05, 0) is 19.3 Å². The molecule has 0 aliphatic carbocycles. The topological polar surface area (TPSA) is 169 Å². The van der Waals surface area contributed by atoms with Gasteiger partial charge in [0.25, 0.3) is 0 Å². The summed E-state index contributed by atoms with van der Waals surface area (Å²) in [4.78, 5) is 13.0. The van der Waals surface area contributed by atoms with Crippen molar-refractivity contribution >= 4 is 5.91 Å². The van der Waals surface area contributed by atoms with Crippen LogP contribution in [-0.4, -0.2) is 98.7 Å². The van der Waals surface area contributed by atoms with Crippen molar-refractivity contribution in [2.45, 2.75) is 255 Å². The maximum Gasteiger partial charge on any atom is 0.249 e. The van der Waals surface area contributed by atoms with Crippen molar-refractivity contribution in [2.24, 2.45) is 0 Å². The molecule has 7 N–H and O–H groups in total. The molecule has 10 heteroatoms. The smallest absolute Gasteiger partial charge is 0.249 e. The Morgan fingerprint density at radius 3 is 1.47 bits per heavy atom. The first-order chi connectivity index (χ1) is 26.8. The molecule has 1 aliphatic heterocycles. The fourth-order valence-corrected chi connectivity index (χ4v) is 7.40. The number of allylic oxidation sites excluding steroid dienone is 1. The average Bonchev–Trinajstić information content (AvgIpc) is 3.18. The van der Waals surface area contributed by atoms with Gasteiger partial charge in [0, 0.05) is 0 Å². The predicted octanol–water partition coefficient (Wildman–Crippen LogP) is 8.31. The van der Waals surface area contributed by atoms with Gasteiger partial charge in [0.15, 0.2) is 6.29 Å². The number of hydrogen-bond donors (Lipinski definition) is 7. The molecule has 0 aromatic carbocycles. The lowest BCUT2D eigenvalue weighted by molar-refractivity contribution is -0.302. The maximum atomic E-state index is 13.0. The van der Waals surface area contributed by atoms with E-state index in [1.54, 1.807) is 6.08 Å². The van der Waals surface area contributed by atoms with Crippen LogP contribution >= 0.6 is 0 Å². The molecule has 1 heterocycles. The van der Waals surface area contributed by atoms with E-state index in [9.17, 15) is 35.4 Å². The van der Waals surface area contributed by atoms with Gasteiger partial charge in [0.05, 0.1) is 25.4 Å². The van der Waals surface area contributed by atoms with Crippen LogP contribution < -0.4 is 5.32 Å². The molecule has 0 aromatic rings. The Hall–Kier alpha value is -1.11. The van der Waals surface area contributed by atoms with Crippen LogP contribution in [0.4, 0.5) is 0 Å². The minimum atomic E-state index is -1.61. The molecule has 0 aromatic heterocycles. The predicted molar refractivity (Wildman–Crippen MR) is 223 cm³/mol. The van der Waals surface area contributed by atoms with Crippen molar-refractivity contribution in [1.82, 2.24) is 5.32 Å². The lowest BCUT2D eigenvalue weighted by atomic mass is 9.99. The van der Waals surface area contributed by atoms with E-state index in [1.807, 2.05) is 6.08 Å². The number of rotatable bonds is 38. The van der Waals surface area contributed by atoms with Gasteiger partial charge >= 0.3 is 0 Å². The second-order valence-electron chi connectivity index (χ2n) is 16.3. The van der Waals surface area contributed by atoms with E-state index in [4.69, 9.17) is 9.47 Å². The van der Waals surface area contributed by atoms with Crippen LogP contribution in [0.2, 0.25) is 0 Å². The monoisotopic (exact) mass is 786 g/mol. The number of unbranched alkanes of at least 4 members (excludes halogenated alkanes) is 27. The highest BCUT2D eigenvalue weighted by Gasteiger charge is 2.44. The van der Waals surface area contributed by atoms with Gasteiger partial charge in [-0.15, -0.1) is 0 Å². The second-order valence-corrected chi connectivity index (χ2v) is 16.3. The molecule has 8 unspecified atom stereocenters. The number of ether oxygens (including phenoxy) is 2. The van der Waals surface area contributed by atoms with Gasteiger partial charge in [0.1, 0.15) is 30.5 Å². The largest absolute Gasteiger partial charge is 0.394 e. The quantitative estimate of drug-likeness (QED) is 0.0241. The molecule has 326 valence electrons. The number of hydrogen-bond acceptors (Lipinski definition) is 9. The van der Waals surface area contributed by atoms with Crippen LogP contribution in [0.5, 0.6) is 0 Å².